The Morgan fingerprint density at radius 1 is 1.38 bits per heavy atom. The number of pyridine rings is 1. The van der Waals surface area contributed by atoms with Gasteiger partial charge in [-0.3, -0.25) is 4.98 Å². The third kappa shape index (κ3) is 2.61. The first kappa shape index (κ1) is 14.3. The van der Waals surface area contributed by atoms with Gasteiger partial charge in [-0.25, -0.2) is 8.42 Å². The summed E-state index contributed by atoms with van der Waals surface area (Å²) in [7, 11) is -0.959. The summed E-state index contributed by atoms with van der Waals surface area (Å²) in [6.07, 6.45) is 2.46. The van der Waals surface area contributed by atoms with Gasteiger partial charge in [-0.1, -0.05) is 18.2 Å². The van der Waals surface area contributed by atoms with Gasteiger partial charge in [0.05, 0.1) is 22.7 Å². The minimum absolute atomic E-state index is 0.00565. The van der Waals surface area contributed by atoms with Crippen molar-refractivity contribution < 1.29 is 8.42 Å². The normalized spacial score (nSPS) is 20.8. The highest BCUT2D eigenvalue weighted by atomic mass is 32.2. The number of fused-ring (bicyclic) bond motifs is 1. The van der Waals surface area contributed by atoms with E-state index in [-0.39, 0.29) is 17.5 Å². The molecule has 1 aliphatic rings. The minimum atomic E-state index is -2.91. The van der Waals surface area contributed by atoms with Crippen molar-refractivity contribution in [3.63, 3.8) is 0 Å². The summed E-state index contributed by atoms with van der Waals surface area (Å²) in [5.41, 5.74) is 8.70. The molecule has 1 aromatic carbocycles. The first-order chi connectivity index (χ1) is 10.0. The zero-order valence-electron chi connectivity index (χ0n) is 12.0. The number of hydrogen-bond donors (Lipinski definition) is 1. The summed E-state index contributed by atoms with van der Waals surface area (Å²) in [5, 5.41) is 1.02. The summed E-state index contributed by atoms with van der Waals surface area (Å²) in [5.74, 6) is 0.479. The van der Waals surface area contributed by atoms with Crippen LogP contribution in [0.4, 0.5) is 5.69 Å². The van der Waals surface area contributed by atoms with Gasteiger partial charge >= 0.3 is 0 Å². The summed E-state index contributed by atoms with van der Waals surface area (Å²) >= 11 is 0. The number of rotatable bonds is 3. The fraction of sp³-hybridized carbons (Fsp3) is 0.400. The molecule has 0 amide bonds. The average molecular weight is 305 g/mol. The van der Waals surface area contributed by atoms with Gasteiger partial charge in [-0.2, -0.15) is 0 Å². The van der Waals surface area contributed by atoms with E-state index in [4.69, 9.17) is 5.73 Å². The molecule has 0 saturated carbocycles. The Hall–Kier alpha value is -1.66. The zero-order valence-corrected chi connectivity index (χ0v) is 12.8. The van der Waals surface area contributed by atoms with Gasteiger partial charge in [0.2, 0.25) is 0 Å². The van der Waals surface area contributed by atoms with Gasteiger partial charge in [-0.15, -0.1) is 0 Å². The summed E-state index contributed by atoms with van der Waals surface area (Å²) < 4.78 is 23.5. The van der Waals surface area contributed by atoms with Gasteiger partial charge in [0, 0.05) is 36.8 Å². The van der Waals surface area contributed by atoms with Crippen LogP contribution in [0.25, 0.3) is 10.9 Å². The molecule has 5 nitrogen and oxygen atoms in total. The van der Waals surface area contributed by atoms with E-state index < -0.39 is 9.84 Å². The van der Waals surface area contributed by atoms with Crippen molar-refractivity contribution in [1.29, 1.82) is 0 Å². The molecule has 0 radical (unpaired) electrons. The van der Waals surface area contributed by atoms with Crippen molar-refractivity contribution in [3.8, 4) is 0 Å². The molecule has 21 heavy (non-hydrogen) atoms. The van der Waals surface area contributed by atoms with Crippen LogP contribution in [0.3, 0.4) is 0 Å². The maximum absolute atomic E-state index is 11.7. The van der Waals surface area contributed by atoms with Crippen molar-refractivity contribution in [2.75, 3.05) is 23.5 Å². The second-order valence-corrected chi connectivity index (χ2v) is 7.75. The molecule has 2 heterocycles. The zero-order chi connectivity index (χ0) is 15.0. The monoisotopic (exact) mass is 305 g/mol. The Morgan fingerprint density at radius 3 is 2.81 bits per heavy atom. The first-order valence-corrected chi connectivity index (χ1v) is 8.84. The van der Waals surface area contributed by atoms with Crippen molar-refractivity contribution in [2.24, 2.45) is 5.73 Å². The van der Waals surface area contributed by atoms with Crippen LogP contribution in [-0.2, 0) is 16.4 Å². The van der Waals surface area contributed by atoms with Gasteiger partial charge in [0.15, 0.2) is 9.84 Å². The minimum Gasteiger partial charge on any atom is -0.370 e. The topological polar surface area (TPSA) is 76.3 Å². The number of para-hydroxylation sites is 1. The fourth-order valence-electron chi connectivity index (χ4n) is 3.00. The van der Waals surface area contributed by atoms with Crippen molar-refractivity contribution in [3.05, 3.63) is 36.0 Å². The van der Waals surface area contributed by atoms with Crippen LogP contribution in [0.5, 0.6) is 0 Å². The number of aromatic nitrogens is 1. The van der Waals surface area contributed by atoms with Crippen LogP contribution >= 0.6 is 0 Å². The molecular weight excluding hydrogens is 286 g/mol. The third-order valence-corrected chi connectivity index (χ3v) is 5.90. The molecule has 1 saturated heterocycles. The second kappa shape index (κ2) is 5.27. The average Bonchev–Trinajstić information content (AvgIpc) is 2.85. The highest BCUT2D eigenvalue weighted by molar-refractivity contribution is 7.91. The predicted octanol–water partition coefficient (Wildman–Crippen LogP) is 1.32. The fourth-order valence-corrected chi connectivity index (χ4v) is 4.77. The van der Waals surface area contributed by atoms with E-state index in [9.17, 15) is 8.42 Å². The summed E-state index contributed by atoms with van der Waals surface area (Å²) in [6.45, 7) is 0.386. The Labute approximate surface area is 124 Å². The van der Waals surface area contributed by atoms with Gasteiger partial charge < -0.3 is 10.6 Å². The van der Waals surface area contributed by atoms with E-state index in [1.165, 1.54) is 0 Å². The molecule has 1 unspecified atom stereocenters. The Kier molecular flexibility index (Phi) is 3.59. The summed E-state index contributed by atoms with van der Waals surface area (Å²) in [4.78, 5) is 6.49. The highest BCUT2D eigenvalue weighted by Gasteiger charge is 2.32. The number of hydrogen-bond acceptors (Lipinski definition) is 5. The molecule has 2 N–H and O–H groups in total. The first-order valence-electron chi connectivity index (χ1n) is 7.02. The Balaban J connectivity index is 2.10. The maximum atomic E-state index is 11.7. The molecule has 3 rings (SSSR count). The van der Waals surface area contributed by atoms with E-state index in [1.54, 1.807) is 6.20 Å². The quantitative estimate of drug-likeness (QED) is 0.925. The van der Waals surface area contributed by atoms with Crippen LogP contribution in [-0.4, -0.2) is 38.0 Å². The van der Waals surface area contributed by atoms with Crippen LogP contribution in [0.15, 0.2) is 30.5 Å². The van der Waals surface area contributed by atoms with E-state index >= 15 is 0 Å². The van der Waals surface area contributed by atoms with Gasteiger partial charge in [-0.05, 0) is 12.5 Å². The number of anilines is 1. The standard InChI is InChI=1S/C15H19N3O2S/c1-18(12-6-7-21(19,20)10-12)15-11(8-16)9-17-14-5-3-2-4-13(14)15/h2-5,9,12H,6-8,10,16H2,1H3. The lowest BCUT2D eigenvalue weighted by Gasteiger charge is -2.29. The molecule has 1 aliphatic heterocycles. The number of nitrogens with two attached hydrogens (primary N) is 1. The number of nitrogens with zero attached hydrogens (tertiary/aromatic N) is 2. The lowest BCUT2D eigenvalue weighted by atomic mass is 10.1. The molecule has 0 aliphatic carbocycles. The molecule has 1 atom stereocenters. The highest BCUT2D eigenvalue weighted by Crippen LogP contribution is 2.32. The lowest BCUT2D eigenvalue weighted by Crippen LogP contribution is -2.33. The van der Waals surface area contributed by atoms with Crippen molar-refractivity contribution in [2.45, 2.75) is 19.0 Å². The smallest absolute Gasteiger partial charge is 0.152 e. The molecule has 0 bridgehead atoms. The largest absolute Gasteiger partial charge is 0.370 e. The molecule has 6 heteroatoms. The van der Waals surface area contributed by atoms with Crippen LogP contribution in [0.1, 0.15) is 12.0 Å². The van der Waals surface area contributed by atoms with Crippen molar-refractivity contribution in [1.82, 2.24) is 4.98 Å². The molecule has 112 valence electrons. The molecule has 2 aromatic rings. The van der Waals surface area contributed by atoms with E-state index in [0.717, 1.165) is 22.2 Å². The van der Waals surface area contributed by atoms with Crippen LogP contribution in [0.2, 0.25) is 0 Å². The van der Waals surface area contributed by atoms with E-state index in [1.807, 2.05) is 31.3 Å². The molecular formula is C15H19N3O2S. The van der Waals surface area contributed by atoms with Gasteiger partial charge in [0.25, 0.3) is 0 Å². The van der Waals surface area contributed by atoms with Gasteiger partial charge in [0.1, 0.15) is 0 Å². The lowest BCUT2D eigenvalue weighted by molar-refractivity contribution is 0.601. The Morgan fingerprint density at radius 2 is 2.14 bits per heavy atom. The second-order valence-electron chi connectivity index (χ2n) is 5.52. The third-order valence-electron chi connectivity index (χ3n) is 4.15. The van der Waals surface area contributed by atoms with Crippen molar-refractivity contribution >= 4 is 26.4 Å². The molecule has 0 spiro atoms. The SMILES string of the molecule is CN(c1c(CN)cnc2ccccc12)C1CCS(=O)(=O)C1. The maximum Gasteiger partial charge on any atom is 0.152 e. The van der Waals surface area contributed by atoms with E-state index in [2.05, 4.69) is 9.88 Å². The summed E-state index contributed by atoms with van der Waals surface area (Å²) in [6, 6.07) is 7.88. The van der Waals surface area contributed by atoms with Crippen LogP contribution in [0, 0.1) is 0 Å². The Bertz CT molecular complexity index is 774. The molecule has 1 aromatic heterocycles. The number of sulfone groups is 1. The van der Waals surface area contributed by atoms with Crippen LogP contribution < -0.4 is 10.6 Å². The van der Waals surface area contributed by atoms with E-state index in [0.29, 0.717) is 13.0 Å². The number of benzene rings is 1. The predicted molar refractivity (Wildman–Crippen MR) is 85.1 cm³/mol. The molecule has 1 fully saturated rings.